The maximum atomic E-state index is 10.8. The predicted octanol–water partition coefficient (Wildman–Crippen LogP) is 2.87. The quantitative estimate of drug-likeness (QED) is 0.717. The number of halogens is 4. The standard InChI is InChI=1S/C4H4Br2Cl2O/c1-4(5,6)2(9)3(7)8/h3H,1H3. The lowest BCUT2D eigenvalue weighted by atomic mass is 10.3. The average molecular weight is 299 g/mol. The molecule has 0 radical (unpaired) electrons. The molecule has 0 aromatic rings. The SMILES string of the molecule is CC(Br)(Br)C(=O)C(Cl)Cl. The van der Waals surface area contributed by atoms with Gasteiger partial charge >= 0.3 is 0 Å². The van der Waals surface area contributed by atoms with Crippen molar-refractivity contribution in [3.8, 4) is 0 Å². The summed E-state index contributed by atoms with van der Waals surface area (Å²) in [5.41, 5.74) is 0. The van der Waals surface area contributed by atoms with Crippen molar-refractivity contribution in [2.75, 3.05) is 0 Å². The summed E-state index contributed by atoms with van der Waals surface area (Å²) < 4.78 is -0.797. The normalized spacial score (nSPS) is 12.2. The zero-order valence-corrected chi connectivity index (χ0v) is 9.18. The first-order valence-electron chi connectivity index (χ1n) is 2.06. The summed E-state index contributed by atoms with van der Waals surface area (Å²) in [7, 11) is 0. The van der Waals surface area contributed by atoms with Crippen LogP contribution in [0, 0.1) is 0 Å². The maximum absolute atomic E-state index is 10.8. The van der Waals surface area contributed by atoms with Crippen LogP contribution in [-0.2, 0) is 4.79 Å². The minimum atomic E-state index is -0.978. The van der Waals surface area contributed by atoms with Gasteiger partial charge in [0.2, 0.25) is 0 Å². The van der Waals surface area contributed by atoms with Gasteiger partial charge in [-0.1, -0.05) is 55.1 Å². The highest BCUT2D eigenvalue weighted by atomic mass is 79.9. The Morgan fingerprint density at radius 2 is 1.89 bits per heavy atom. The monoisotopic (exact) mass is 296 g/mol. The van der Waals surface area contributed by atoms with E-state index in [-0.39, 0.29) is 5.78 Å². The summed E-state index contributed by atoms with van der Waals surface area (Å²) in [4.78, 5) is 9.83. The summed E-state index contributed by atoms with van der Waals surface area (Å²) in [6, 6.07) is 0. The van der Waals surface area contributed by atoms with Crippen molar-refractivity contribution in [1.29, 1.82) is 0 Å². The molecule has 0 amide bonds. The Morgan fingerprint density at radius 1 is 1.56 bits per heavy atom. The molecule has 0 bridgehead atoms. The van der Waals surface area contributed by atoms with Gasteiger partial charge in [0.25, 0.3) is 0 Å². The molecule has 0 rings (SSSR count). The van der Waals surface area contributed by atoms with Gasteiger partial charge < -0.3 is 0 Å². The van der Waals surface area contributed by atoms with Crippen molar-refractivity contribution in [2.24, 2.45) is 0 Å². The fourth-order valence-corrected chi connectivity index (χ4v) is 1.61. The fraction of sp³-hybridized carbons (Fsp3) is 0.750. The van der Waals surface area contributed by atoms with Gasteiger partial charge in [-0.2, -0.15) is 0 Å². The fourth-order valence-electron chi connectivity index (χ4n) is 0.192. The number of carbonyl (C=O) groups is 1. The number of hydrogen-bond donors (Lipinski definition) is 0. The van der Waals surface area contributed by atoms with Crippen LogP contribution < -0.4 is 0 Å². The number of ketones is 1. The Bertz CT molecular complexity index is 118. The summed E-state index contributed by atoms with van der Waals surface area (Å²) in [6.45, 7) is 1.62. The van der Waals surface area contributed by atoms with E-state index < -0.39 is 8.07 Å². The van der Waals surface area contributed by atoms with Crippen LogP contribution in [0.2, 0.25) is 0 Å². The van der Waals surface area contributed by atoms with Crippen molar-refractivity contribution in [1.82, 2.24) is 0 Å². The Kier molecular flexibility index (Phi) is 4.04. The van der Waals surface area contributed by atoms with Gasteiger partial charge in [0.15, 0.2) is 10.6 Å². The van der Waals surface area contributed by atoms with E-state index in [2.05, 4.69) is 31.9 Å². The first-order chi connectivity index (χ1) is 3.85. The van der Waals surface area contributed by atoms with Crippen LogP contribution in [-0.4, -0.2) is 13.9 Å². The van der Waals surface area contributed by atoms with E-state index in [1.807, 2.05) is 0 Å². The van der Waals surface area contributed by atoms with E-state index in [1.165, 1.54) is 0 Å². The maximum Gasteiger partial charge on any atom is 0.192 e. The van der Waals surface area contributed by atoms with E-state index in [0.717, 1.165) is 0 Å². The van der Waals surface area contributed by atoms with Crippen molar-refractivity contribution in [3.05, 3.63) is 0 Å². The molecule has 0 aliphatic heterocycles. The largest absolute Gasteiger partial charge is 0.294 e. The van der Waals surface area contributed by atoms with E-state index in [9.17, 15) is 4.79 Å². The highest BCUT2D eigenvalue weighted by molar-refractivity contribution is 9.25. The first kappa shape index (κ1) is 10.2. The van der Waals surface area contributed by atoms with Crippen LogP contribution in [0.5, 0.6) is 0 Å². The predicted molar refractivity (Wildman–Crippen MR) is 46.8 cm³/mol. The zero-order chi connectivity index (χ0) is 7.65. The molecule has 0 aromatic heterocycles. The van der Waals surface area contributed by atoms with Crippen LogP contribution in [0.25, 0.3) is 0 Å². The van der Waals surface area contributed by atoms with Crippen LogP contribution in [0.3, 0.4) is 0 Å². The van der Waals surface area contributed by atoms with E-state index in [1.54, 1.807) is 6.92 Å². The number of Topliss-reactive ketones (excluding diaryl/α,β-unsaturated/α-hetero) is 1. The summed E-state index contributed by atoms with van der Waals surface area (Å²) >= 11 is 16.6. The van der Waals surface area contributed by atoms with Crippen LogP contribution in [0.15, 0.2) is 0 Å². The Hall–Kier alpha value is 1.21. The first-order valence-corrected chi connectivity index (χ1v) is 4.52. The number of alkyl halides is 4. The molecule has 0 aliphatic rings. The molecule has 0 atom stereocenters. The Labute approximate surface area is 80.3 Å². The van der Waals surface area contributed by atoms with Gasteiger partial charge in [0, 0.05) is 0 Å². The smallest absolute Gasteiger partial charge is 0.192 e. The highest BCUT2D eigenvalue weighted by Crippen LogP contribution is 2.29. The van der Waals surface area contributed by atoms with Gasteiger partial charge in [0.05, 0.1) is 0 Å². The lowest BCUT2D eigenvalue weighted by molar-refractivity contribution is -0.117. The van der Waals surface area contributed by atoms with Crippen LogP contribution in [0.4, 0.5) is 0 Å². The molecule has 0 heterocycles. The molecule has 9 heavy (non-hydrogen) atoms. The van der Waals surface area contributed by atoms with Gasteiger partial charge in [-0.05, 0) is 6.92 Å². The second kappa shape index (κ2) is 3.56. The molecule has 54 valence electrons. The molecule has 0 N–H and O–H groups in total. The molecule has 0 fully saturated rings. The van der Waals surface area contributed by atoms with Crippen molar-refractivity contribution < 1.29 is 4.79 Å². The zero-order valence-electron chi connectivity index (χ0n) is 4.50. The number of rotatable bonds is 2. The lowest BCUT2D eigenvalue weighted by Crippen LogP contribution is -2.25. The minimum absolute atomic E-state index is 0.300. The lowest BCUT2D eigenvalue weighted by Gasteiger charge is -2.11. The molecule has 0 saturated heterocycles. The van der Waals surface area contributed by atoms with E-state index >= 15 is 0 Å². The van der Waals surface area contributed by atoms with Crippen LogP contribution in [0.1, 0.15) is 6.92 Å². The summed E-state index contributed by atoms with van der Waals surface area (Å²) in [5.74, 6) is -0.300. The van der Waals surface area contributed by atoms with Crippen molar-refractivity contribution in [3.63, 3.8) is 0 Å². The third-order valence-corrected chi connectivity index (χ3v) is 1.81. The van der Waals surface area contributed by atoms with Gasteiger partial charge in [-0.3, -0.25) is 4.79 Å². The number of carbonyl (C=O) groups excluding carboxylic acids is 1. The van der Waals surface area contributed by atoms with Crippen LogP contribution >= 0.6 is 55.1 Å². The Morgan fingerprint density at radius 3 is 1.89 bits per heavy atom. The second-order valence-electron chi connectivity index (χ2n) is 1.55. The molecular weight excluding hydrogens is 295 g/mol. The van der Waals surface area contributed by atoms with Crippen molar-refractivity contribution >= 4 is 60.8 Å². The molecule has 0 spiro atoms. The topological polar surface area (TPSA) is 17.1 Å². The van der Waals surface area contributed by atoms with Gasteiger partial charge in [-0.15, -0.1) is 0 Å². The van der Waals surface area contributed by atoms with Gasteiger partial charge in [0.1, 0.15) is 3.23 Å². The Balaban J connectivity index is 4.06. The second-order valence-corrected chi connectivity index (χ2v) is 6.89. The molecule has 0 aliphatic carbocycles. The van der Waals surface area contributed by atoms with E-state index in [4.69, 9.17) is 23.2 Å². The average Bonchev–Trinajstić information content (AvgIpc) is 1.62. The number of hydrogen-bond acceptors (Lipinski definition) is 1. The summed E-state index contributed by atoms with van der Waals surface area (Å²) in [6.07, 6.45) is 0. The molecule has 0 saturated carbocycles. The highest BCUT2D eigenvalue weighted by Gasteiger charge is 2.30. The molecular formula is C4H4Br2Cl2O. The summed E-state index contributed by atoms with van der Waals surface area (Å²) in [5, 5.41) is 0. The van der Waals surface area contributed by atoms with E-state index in [0.29, 0.717) is 0 Å². The molecule has 5 heteroatoms. The van der Waals surface area contributed by atoms with Crippen molar-refractivity contribution in [2.45, 2.75) is 15.0 Å². The minimum Gasteiger partial charge on any atom is -0.294 e. The molecule has 0 aromatic carbocycles. The molecule has 0 unspecified atom stereocenters. The third kappa shape index (κ3) is 3.81. The van der Waals surface area contributed by atoms with Gasteiger partial charge in [-0.25, -0.2) is 0 Å². The third-order valence-electron chi connectivity index (χ3n) is 0.631. The molecule has 1 nitrogen and oxygen atoms in total.